The van der Waals surface area contributed by atoms with Gasteiger partial charge in [0.15, 0.2) is 9.84 Å². The second kappa shape index (κ2) is 6.43. The number of carboxylic acid groups (broad SMARTS) is 1. The average Bonchev–Trinajstić information content (AvgIpc) is 2.85. The van der Waals surface area contributed by atoms with Gasteiger partial charge in [-0.05, 0) is 51.0 Å². The quantitative estimate of drug-likeness (QED) is 0.803. The van der Waals surface area contributed by atoms with Crippen LogP contribution in [-0.4, -0.2) is 43.6 Å². The van der Waals surface area contributed by atoms with Gasteiger partial charge >= 0.3 is 5.97 Å². The maximum Gasteiger partial charge on any atom is 0.306 e. The van der Waals surface area contributed by atoms with E-state index in [9.17, 15) is 13.2 Å². The molecule has 2 fully saturated rings. The molecule has 0 aromatic carbocycles. The van der Waals surface area contributed by atoms with E-state index in [1.165, 1.54) is 6.26 Å². The fourth-order valence-electron chi connectivity index (χ4n) is 3.60. The van der Waals surface area contributed by atoms with Gasteiger partial charge in [-0.15, -0.1) is 0 Å². The normalized spacial score (nSPS) is 35.0. The number of nitrogens with one attached hydrogen (secondary N) is 1. The van der Waals surface area contributed by atoms with Crippen LogP contribution in [0.1, 0.15) is 44.9 Å². The molecule has 0 amide bonds. The molecular weight excluding hydrogens is 278 g/mol. The van der Waals surface area contributed by atoms with E-state index in [4.69, 9.17) is 5.11 Å². The molecule has 0 aromatic heterocycles. The van der Waals surface area contributed by atoms with Crippen molar-refractivity contribution in [1.29, 1.82) is 0 Å². The smallest absolute Gasteiger partial charge is 0.306 e. The molecule has 2 saturated carbocycles. The molecule has 0 bridgehead atoms. The molecular formula is C14H25NO4S. The molecule has 0 aliphatic heterocycles. The standard InChI is InChI=1S/C14H25NO4S/c1-20(18,19)13-4-2-3-12(13)15-9-10-5-7-11(8-6-10)14(16)17/h10-13,15H,2-9H2,1H3,(H,16,17). The first-order chi connectivity index (χ1) is 9.38. The Morgan fingerprint density at radius 2 is 1.80 bits per heavy atom. The Kier molecular flexibility index (Phi) is 5.07. The Morgan fingerprint density at radius 1 is 1.15 bits per heavy atom. The molecule has 0 aromatic rings. The van der Waals surface area contributed by atoms with E-state index in [1.807, 2.05) is 0 Å². The van der Waals surface area contributed by atoms with E-state index < -0.39 is 15.8 Å². The van der Waals surface area contributed by atoms with Gasteiger partial charge in [-0.3, -0.25) is 4.79 Å². The molecule has 2 N–H and O–H groups in total. The van der Waals surface area contributed by atoms with Gasteiger partial charge in [0.25, 0.3) is 0 Å². The monoisotopic (exact) mass is 303 g/mol. The zero-order valence-corrected chi connectivity index (χ0v) is 12.9. The van der Waals surface area contributed by atoms with E-state index >= 15 is 0 Å². The zero-order valence-electron chi connectivity index (χ0n) is 12.0. The Hall–Kier alpha value is -0.620. The van der Waals surface area contributed by atoms with E-state index in [1.54, 1.807) is 0 Å². The molecule has 6 heteroatoms. The van der Waals surface area contributed by atoms with Crippen LogP contribution in [0.15, 0.2) is 0 Å². The predicted molar refractivity (Wildman–Crippen MR) is 77.4 cm³/mol. The maximum atomic E-state index is 11.7. The average molecular weight is 303 g/mol. The molecule has 0 heterocycles. The summed E-state index contributed by atoms with van der Waals surface area (Å²) in [5.41, 5.74) is 0. The number of sulfone groups is 1. The van der Waals surface area contributed by atoms with Crippen molar-refractivity contribution in [3.05, 3.63) is 0 Å². The minimum absolute atomic E-state index is 0.0854. The van der Waals surface area contributed by atoms with Crippen LogP contribution >= 0.6 is 0 Å². The fraction of sp³-hybridized carbons (Fsp3) is 0.929. The first-order valence-electron chi connectivity index (χ1n) is 7.53. The van der Waals surface area contributed by atoms with Crippen molar-refractivity contribution in [2.45, 2.75) is 56.2 Å². The molecule has 0 spiro atoms. The zero-order chi connectivity index (χ0) is 14.8. The van der Waals surface area contributed by atoms with Gasteiger partial charge in [0, 0.05) is 12.3 Å². The van der Waals surface area contributed by atoms with Crippen molar-refractivity contribution in [3.63, 3.8) is 0 Å². The molecule has 20 heavy (non-hydrogen) atoms. The number of hydrogen-bond acceptors (Lipinski definition) is 4. The Balaban J connectivity index is 1.77. The first-order valence-corrected chi connectivity index (χ1v) is 9.48. The van der Waals surface area contributed by atoms with Crippen molar-refractivity contribution >= 4 is 15.8 Å². The molecule has 5 nitrogen and oxygen atoms in total. The number of hydrogen-bond donors (Lipinski definition) is 2. The highest BCUT2D eigenvalue weighted by atomic mass is 32.2. The van der Waals surface area contributed by atoms with Crippen molar-refractivity contribution in [3.8, 4) is 0 Å². The van der Waals surface area contributed by atoms with Crippen molar-refractivity contribution < 1.29 is 18.3 Å². The van der Waals surface area contributed by atoms with Crippen LogP contribution < -0.4 is 5.32 Å². The summed E-state index contributed by atoms with van der Waals surface area (Å²) in [6, 6.07) is 0.0854. The van der Waals surface area contributed by atoms with Crippen molar-refractivity contribution in [2.24, 2.45) is 11.8 Å². The Morgan fingerprint density at radius 3 is 2.35 bits per heavy atom. The van der Waals surface area contributed by atoms with Gasteiger partial charge in [0.05, 0.1) is 11.2 Å². The second-order valence-corrected chi connectivity index (χ2v) is 8.63. The van der Waals surface area contributed by atoms with Gasteiger partial charge in [0.2, 0.25) is 0 Å². The topological polar surface area (TPSA) is 83.5 Å². The molecule has 116 valence electrons. The molecule has 2 rings (SSSR count). The lowest BCUT2D eigenvalue weighted by Gasteiger charge is -2.28. The van der Waals surface area contributed by atoms with Gasteiger partial charge in [-0.25, -0.2) is 8.42 Å². The highest BCUT2D eigenvalue weighted by molar-refractivity contribution is 7.91. The van der Waals surface area contributed by atoms with Crippen LogP contribution in [0.3, 0.4) is 0 Å². The molecule has 2 aliphatic rings. The third-order valence-corrected chi connectivity index (χ3v) is 6.53. The largest absolute Gasteiger partial charge is 0.481 e. The summed E-state index contributed by atoms with van der Waals surface area (Å²) in [4.78, 5) is 10.9. The molecule has 0 saturated heterocycles. The Bertz CT molecular complexity index is 440. The summed E-state index contributed by atoms with van der Waals surface area (Å²) in [6.07, 6.45) is 7.37. The highest BCUT2D eigenvalue weighted by Gasteiger charge is 2.35. The van der Waals surface area contributed by atoms with Crippen LogP contribution in [0.2, 0.25) is 0 Å². The summed E-state index contributed by atoms with van der Waals surface area (Å²) in [6.45, 7) is 0.822. The van der Waals surface area contributed by atoms with E-state index in [2.05, 4.69) is 5.32 Å². The van der Waals surface area contributed by atoms with Crippen molar-refractivity contribution in [2.75, 3.05) is 12.8 Å². The summed E-state index contributed by atoms with van der Waals surface area (Å²) in [5.74, 6) is -0.364. The number of aliphatic carboxylic acids is 1. The molecule has 0 radical (unpaired) electrons. The van der Waals surface area contributed by atoms with Crippen LogP contribution in [0, 0.1) is 11.8 Å². The SMILES string of the molecule is CS(=O)(=O)C1CCCC1NCC1CCC(C(=O)O)CC1. The van der Waals surface area contributed by atoms with E-state index in [-0.39, 0.29) is 17.2 Å². The van der Waals surface area contributed by atoms with Gasteiger partial charge in [-0.1, -0.05) is 6.42 Å². The summed E-state index contributed by atoms with van der Waals surface area (Å²) in [7, 11) is -2.96. The number of rotatable bonds is 5. The summed E-state index contributed by atoms with van der Waals surface area (Å²) >= 11 is 0. The summed E-state index contributed by atoms with van der Waals surface area (Å²) < 4.78 is 23.4. The van der Waals surface area contributed by atoms with Crippen LogP contribution in [0.25, 0.3) is 0 Å². The summed E-state index contributed by atoms with van der Waals surface area (Å²) in [5, 5.41) is 12.2. The van der Waals surface area contributed by atoms with E-state index in [0.717, 1.165) is 51.5 Å². The van der Waals surface area contributed by atoms with Crippen LogP contribution in [0.5, 0.6) is 0 Å². The highest BCUT2D eigenvalue weighted by Crippen LogP contribution is 2.30. The number of carboxylic acids is 1. The lowest BCUT2D eigenvalue weighted by Crippen LogP contribution is -2.42. The first kappa shape index (κ1) is 15.8. The van der Waals surface area contributed by atoms with Crippen molar-refractivity contribution in [1.82, 2.24) is 5.32 Å². The van der Waals surface area contributed by atoms with Gasteiger partial charge < -0.3 is 10.4 Å². The van der Waals surface area contributed by atoms with Crippen LogP contribution in [-0.2, 0) is 14.6 Å². The van der Waals surface area contributed by atoms with E-state index in [0.29, 0.717) is 5.92 Å². The lowest BCUT2D eigenvalue weighted by molar-refractivity contribution is -0.143. The molecule has 2 atom stereocenters. The fourth-order valence-corrected chi connectivity index (χ4v) is 5.03. The predicted octanol–water partition coefficient (Wildman–Crippen LogP) is 1.43. The van der Waals surface area contributed by atoms with Gasteiger partial charge in [-0.2, -0.15) is 0 Å². The maximum absolute atomic E-state index is 11.7. The third kappa shape index (κ3) is 3.95. The second-order valence-electron chi connectivity index (χ2n) is 6.37. The molecule has 2 aliphatic carbocycles. The van der Waals surface area contributed by atoms with Gasteiger partial charge in [0.1, 0.15) is 0 Å². The molecule has 2 unspecified atom stereocenters. The Labute approximate surface area is 121 Å². The lowest BCUT2D eigenvalue weighted by atomic mass is 9.82. The third-order valence-electron chi connectivity index (χ3n) is 4.87. The minimum Gasteiger partial charge on any atom is -0.481 e. The number of carbonyl (C=O) groups is 1. The minimum atomic E-state index is -2.96. The van der Waals surface area contributed by atoms with Crippen LogP contribution in [0.4, 0.5) is 0 Å².